The number of imidazole rings is 1. The summed E-state index contributed by atoms with van der Waals surface area (Å²) >= 11 is 1.52. The Morgan fingerprint density at radius 2 is 2.08 bits per heavy atom. The molecule has 0 atom stereocenters. The Kier molecular flexibility index (Phi) is 6.20. The van der Waals surface area contributed by atoms with E-state index in [-0.39, 0.29) is 36.8 Å². The molecule has 130 valence electrons. The SMILES string of the molecule is Cc1nc2cccc3n2c1C=C(C(=O)NC1CCNCC1)S3.Cl.Cl. The Bertz CT molecular complexity index is 784. The lowest BCUT2D eigenvalue weighted by atomic mass is 10.1. The zero-order chi connectivity index (χ0) is 15.1. The minimum atomic E-state index is 0. The van der Waals surface area contributed by atoms with Gasteiger partial charge in [0, 0.05) is 6.04 Å². The normalized spacial score (nSPS) is 16.8. The number of aromatic nitrogens is 2. The minimum absolute atomic E-state index is 0. The zero-order valence-corrected chi connectivity index (χ0v) is 15.7. The Morgan fingerprint density at radius 1 is 1.33 bits per heavy atom. The topological polar surface area (TPSA) is 58.4 Å². The van der Waals surface area contributed by atoms with Gasteiger partial charge in [0.25, 0.3) is 5.91 Å². The van der Waals surface area contributed by atoms with Gasteiger partial charge in [0.05, 0.1) is 21.3 Å². The molecule has 8 heteroatoms. The van der Waals surface area contributed by atoms with Crippen molar-refractivity contribution in [3.05, 3.63) is 34.5 Å². The molecule has 5 nitrogen and oxygen atoms in total. The third kappa shape index (κ3) is 3.42. The summed E-state index contributed by atoms with van der Waals surface area (Å²) in [6.45, 7) is 3.94. The highest BCUT2D eigenvalue weighted by Crippen LogP contribution is 2.35. The maximum absolute atomic E-state index is 12.6. The molecule has 0 aromatic carbocycles. The third-order valence-corrected chi connectivity index (χ3v) is 5.26. The summed E-state index contributed by atoms with van der Waals surface area (Å²) in [4.78, 5) is 17.9. The molecular weight excluding hydrogens is 367 g/mol. The van der Waals surface area contributed by atoms with Crippen LogP contribution in [0.3, 0.4) is 0 Å². The van der Waals surface area contributed by atoms with Crippen molar-refractivity contribution in [3.8, 4) is 0 Å². The van der Waals surface area contributed by atoms with Gasteiger partial charge in [-0.15, -0.1) is 24.8 Å². The zero-order valence-electron chi connectivity index (χ0n) is 13.2. The summed E-state index contributed by atoms with van der Waals surface area (Å²) in [7, 11) is 0. The van der Waals surface area contributed by atoms with E-state index in [4.69, 9.17) is 0 Å². The molecule has 24 heavy (non-hydrogen) atoms. The molecule has 0 aliphatic carbocycles. The number of pyridine rings is 1. The highest BCUT2D eigenvalue weighted by molar-refractivity contribution is 8.04. The van der Waals surface area contributed by atoms with E-state index in [0.29, 0.717) is 0 Å². The third-order valence-electron chi connectivity index (χ3n) is 4.21. The number of nitrogens with zero attached hydrogens (tertiary/aromatic N) is 2. The van der Waals surface area contributed by atoms with E-state index < -0.39 is 0 Å². The van der Waals surface area contributed by atoms with Crippen molar-refractivity contribution in [2.24, 2.45) is 0 Å². The maximum atomic E-state index is 12.6. The number of hydrogen-bond acceptors (Lipinski definition) is 4. The molecule has 0 radical (unpaired) electrons. The lowest BCUT2D eigenvalue weighted by Gasteiger charge is -2.24. The fourth-order valence-electron chi connectivity index (χ4n) is 3.05. The van der Waals surface area contributed by atoms with Gasteiger partial charge < -0.3 is 10.6 Å². The summed E-state index contributed by atoms with van der Waals surface area (Å²) in [6, 6.07) is 6.29. The highest BCUT2D eigenvalue weighted by Gasteiger charge is 2.23. The number of rotatable bonds is 2. The van der Waals surface area contributed by atoms with Crippen LogP contribution in [0.25, 0.3) is 11.7 Å². The van der Waals surface area contributed by atoms with Gasteiger partial charge in [-0.3, -0.25) is 9.20 Å². The van der Waals surface area contributed by atoms with Crippen molar-refractivity contribution in [2.45, 2.75) is 30.8 Å². The summed E-state index contributed by atoms with van der Waals surface area (Å²) in [6.07, 6.45) is 3.95. The summed E-state index contributed by atoms with van der Waals surface area (Å²) in [5, 5.41) is 7.53. The number of nitrogens with one attached hydrogen (secondary N) is 2. The fourth-order valence-corrected chi connectivity index (χ4v) is 4.03. The predicted molar refractivity (Wildman–Crippen MR) is 102 cm³/mol. The summed E-state index contributed by atoms with van der Waals surface area (Å²) < 4.78 is 2.11. The second kappa shape index (κ2) is 7.78. The highest BCUT2D eigenvalue weighted by atomic mass is 35.5. The number of thioether (sulfide) groups is 1. The first kappa shape index (κ1) is 19.1. The van der Waals surface area contributed by atoms with Crippen LogP contribution in [0.1, 0.15) is 24.2 Å². The van der Waals surface area contributed by atoms with Crippen molar-refractivity contribution in [1.82, 2.24) is 20.0 Å². The molecule has 2 aliphatic heterocycles. The second-order valence-corrected chi connectivity index (χ2v) is 6.81. The molecule has 2 aromatic rings. The Morgan fingerprint density at radius 3 is 2.83 bits per heavy atom. The van der Waals surface area contributed by atoms with E-state index in [2.05, 4.69) is 20.0 Å². The van der Waals surface area contributed by atoms with Crippen LogP contribution in [0.4, 0.5) is 0 Å². The van der Waals surface area contributed by atoms with Crippen LogP contribution in [0, 0.1) is 6.92 Å². The van der Waals surface area contributed by atoms with Crippen LogP contribution in [0.5, 0.6) is 0 Å². The van der Waals surface area contributed by atoms with E-state index in [1.807, 2.05) is 31.2 Å². The predicted octanol–water partition coefficient (Wildman–Crippen LogP) is 2.80. The molecule has 1 fully saturated rings. The smallest absolute Gasteiger partial charge is 0.258 e. The molecule has 2 aliphatic rings. The molecular formula is C16H20Cl2N4OS. The van der Waals surface area contributed by atoms with Crippen molar-refractivity contribution >= 4 is 54.2 Å². The molecule has 4 heterocycles. The monoisotopic (exact) mass is 386 g/mol. The molecule has 2 N–H and O–H groups in total. The number of aryl methyl sites for hydroxylation is 1. The molecule has 0 saturated carbocycles. The van der Waals surface area contributed by atoms with Crippen LogP contribution in [0.15, 0.2) is 28.1 Å². The minimum Gasteiger partial charge on any atom is -0.349 e. The Labute approximate surface area is 157 Å². The lowest BCUT2D eigenvalue weighted by Crippen LogP contribution is -2.43. The lowest BCUT2D eigenvalue weighted by molar-refractivity contribution is -0.117. The number of halogens is 2. The van der Waals surface area contributed by atoms with Crippen LogP contribution >= 0.6 is 36.6 Å². The van der Waals surface area contributed by atoms with Gasteiger partial charge in [0.1, 0.15) is 5.65 Å². The van der Waals surface area contributed by atoms with Gasteiger partial charge in [-0.2, -0.15) is 0 Å². The van der Waals surface area contributed by atoms with Crippen molar-refractivity contribution in [3.63, 3.8) is 0 Å². The first-order chi connectivity index (χ1) is 10.7. The molecule has 0 bridgehead atoms. The number of piperidine rings is 1. The maximum Gasteiger partial charge on any atom is 0.258 e. The van der Waals surface area contributed by atoms with Crippen LogP contribution in [0.2, 0.25) is 0 Å². The number of hydrogen-bond donors (Lipinski definition) is 2. The number of carbonyl (C=O) groups excluding carboxylic acids is 1. The summed E-state index contributed by atoms with van der Waals surface area (Å²) in [5.41, 5.74) is 2.91. The van der Waals surface area contributed by atoms with E-state index in [1.165, 1.54) is 11.8 Å². The molecule has 1 saturated heterocycles. The van der Waals surface area contributed by atoms with E-state index in [0.717, 1.165) is 52.9 Å². The number of amides is 1. The average molecular weight is 387 g/mol. The summed E-state index contributed by atoms with van der Waals surface area (Å²) in [5.74, 6) is 0.0285. The first-order valence-corrected chi connectivity index (χ1v) is 8.43. The number of carbonyl (C=O) groups is 1. The van der Waals surface area contributed by atoms with Gasteiger partial charge in [0.15, 0.2) is 0 Å². The van der Waals surface area contributed by atoms with Gasteiger partial charge in [-0.1, -0.05) is 17.8 Å². The van der Waals surface area contributed by atoms with Gasteiger partial charge >= 0.3 is 0 Å². The average Bonchev–Trinajstić information content (AvgIpc) is 2.86. The van der Waals surface area contributed by atoms with Crippen LogP contribution in [-0.2, 0) is 4.79 Å². The molecule has 0 unspecified atom stereocenters. The second-order valence-electron chi connectivity index (χ2n) is 5.75. The molecule has 1 amide bonds. The van der Waals surface area contributed by atoms with Crippen molar-refractivity contribution < 1.29 is 4.79 Å². The molecule has 0 spiro atoms. The Hall–Kier alpha value is -1.21. The molecule has 2 aromatic heterocycles. The van der Waals surface area contributed by atoms with Gasteiger partial charge in [-0.25, -0.2) is 4.98 Å². The van der Waals surface area contributed by atoms with Gasteiger partial charge in [0.2, 0.25) is 0 Å². The van der Waals surface area contributed by atoms with Crippen molar-refractivity contribution in [1.29, 1.82) is 0 Å². The first-order valence-electron chi connectivity index (χ1n) is 7.61. The molecule has 4 rings (SSSR count). The van der Waals surface area contributed by atoms with Crippen LogP contribution < -0.4 is 10.6 Å². The Balaban J connectivity index is 0.00000104. The van der Waals surface area contributed by atoms with E-state index >= 15 is 0 Å². The van der Waals surface area contributed by atoms with Gasteiger partial charge in [-0.05, 0) is 51.1 Å². The fraction of sp³-hybridized carbons (Fsp3) is 0.375. The standard InChI is InChI=1S/C16H18N4OS.2ClH/c1-10-12-9-13(16(21)19-11-5-7-17-8-6-11)22-15-4-2-3-14(18-10)20(12)15;;/h2-4,9,11,17H,5-8H2,1H3,(H,19,21);2*1H. The van der Waals surface area contributed by atoms with E-state index in [1.54, 1.807) is 0 Å². The van der Waals surface area contributed by atoms with E-state index in [9.17, 15) is 4.79 Å². The van der Waals surface area contributed by atoms with Crippen molar-refractivity contribution in [2.75, 3.05) is 13.1 Å². The quantitative estimate of drug-likeness (QED) is 0.832. The largest absolute Gasteiger partial charge is 0.349 e. The van der Waals surface area contributed by atoms with Crippen LogP contribution in [-0.4, -0.2) is 34.4 Å².